The maximum absolute atomic E-state index is 2.43. The topological polar surface area (TPSA) is 6.48 Å². The van der Waals surface area contributed by atoms with Crippen molar-refractivity contribution >= 4 is 0 Å². The van der Waals surface area contributed by atoms with Crippen molar-refractivity contribution in [1.82, 2.24) is 9.80 Å². The van der Waals surface area contributed by atoms with Gasteiger partial charge in [-0.05, 0) is 103 Å². The highest BCUT2D eigenvalue weighted by Gasteiger charge is 2.24. The van der Waals surface area contributed by atoms with Crippen molar-refractivity contribution in [3.63, 3.8) is 0 Å². The molecule has 0 aliphatic heterocycles. The first kappa shape index (κ1) is 31.9. The fraction of sp³-hybridized carbons (Fsp3) is 1.00. The molecule has 0 heterocycles. The molecule has 0 bridgehead atoms. The van der Waals surface area contributed by atoms with Crippen LogP contribution in [0.1, 0.15) is 132 Å². The SMILES string of the molecule is CC(C)CCC1CC1.CC(C)CCC1CC1.CC(C)N(C)CC1CC1.CC(C)N(C)CC1CC1. The number of hydrogen-bond donors (Lipinski definition) is 0. The summed E-state index contributed by atoms with van der Waals surface area (Å²) in [5.74, 6) is 6.20. The van der Waals surface area contributed by atoms with Crippen molar-refractivity contribution in [3.05, 3.63) is 0 Å². The molecule has 0 saturated heterocycles. The Balaban J connectivity index is 0.000000227. The van der Waals surface area contributed by atoms with Gasteiger partial charge >= 0.3 is 0 Å². The number of nitrogens with zero attached hydrogens (tertiary/aromatic N) is 2. The molecule has 2 heteroatoms. The predicted octanol–water partition coefficient (Wildman–Crippen LogP) is 9.14. The van der Waals surface area contributed by atoms with Gasteiger partial charge < -0.3 is 9.80 Å². The summed E-state index contributed by atoms with van der Waals surface area (Å²) in [6.45, 7) is 20.9. The Morgan fingerprint density at radius 1 is 0.471 bits per heavy atom. The van der Waals surface area contributed by atoms with Crippen LogP contribution in [0.25, 0.3) is 0 Å². The van der Waals surface area contributed by atoms with Gasteiger partial charge in [-0.25, -0.2) is 0 Å². The van der Waals surface area contributed by atoms with E-state index in [2.05, 4.69) is 79.3 Å². The van der Waals surface area contributed by atoms with Crippen LogP contribution in [0, 0.1) is 35.5 Å². The van der Waals surface area contributed by atoms with Crippen molar-refractivity contribution in [2.75, 3.05) is 27.2 Å². The van der Waals surface area contributed by atoms with Gasteiger partial charge in [-0.15, -0.1) is 0 Å². The highest BCUT2D eigenvalue weighted by Crippen LogP contribution is 2.35. The molecule has 4 saturated carbocycles. The van der Waals surface area contributed by atoms with Gasteiger partial charge in [0.25, 0.3) is 0 Å². The molecule has 2 nitrogen and oxygen atoms in total. The summed E-state index contributed by atoms with van der Waals surface area (Å²) in [5, 5.41) is 0. The van der Waals surface area contributed by atoms with Gasteiger partial charge in [0.15, 0.2) is 0 Å². The third kappa shape index (κ3) is 21.2. The largest absolute Gasteiger partial charge is 0.304 e. The summed E-state index contributed by atoms with van der Waals surface area (Å²) in [6, 6.07) is 1.45. The quantitative estimate of drug-likeness (QED) is 0.276. The molecule has 0 atom stereocenters. The van der Waals surface area contributed by atoms with E-state index in [9.17, 15) is 0 Å². The molecule has 0 N–H and O–H groups in total. The average Bonchev–Trinajstić information content (AvgIpc) is 3.59. The standard InChI is InChI=1S/2C8H17N.2C8H16/c2*1-7(2)9(3)6-8-4-5-8;2*1-7(2)3-4-8-5-6-8/h2*7-8H,4-6H2,1-3H3;2*7-8H,3-6H2,1-2H3. The summed E-state index contributed by atoms with van der Waals surface area (Å²) in [6.07, 6.45) is 17.9. The van der Waals surface area contributed by atoms with E-state index in [0.29, 0.717) is 0 Å². The zero-order valence-corrected chi connectivity index (χ0v) is 25.4. The highest BCUT2D eigenvalue weighted by atomic mass is 15.1. The third-order valence-electron chi connectivity index (χ3n) is 7.95. The fourth-order valence-corrected chi connectivity index (χ4v) is 3.79. The smallest absolute Gasteiger partial charge is 0.00356 e. The van der Waals surface area contributed by atoms with Crippen molar-refractivity contribution in [1.29, 1.82) is 0 Å². The van der Waals surface area contributed by atoms with Gasteiger partial charge in [-0.2, -0.15) is 0 Å². The second kappa shape index (κ2) is 17.4. The lowest BCUT2D eigenvalue weighted by atomic mass is 10.1. The molecule has 0 unspecified atom stereocenters. The van der Waals surface area contributed by atoms with Crippen molar-refractivity contribution in [3.8, 4) is 0 Å². The van der Waals surface area contributed by atoms with Gasteiger partial charge in [-0.3, -0.25) is 0 Å². The van der Waals surface area contributed by atoms with E-state index < -0.39 is 0 Å². The Labute approximate surface area is 217 Å². The van der Waals surface area contributed by atoms with E-state index in [1.165, 1.54) is 90.1 Å². The molecule has 4 aliphatic carbocycles. The third-order valence-corrected chi connectivity index (χ3v) is 7.95. The van der Waals surface area contributed by atoms with Crippen molar-refractivity contribution < 1.29 is 0 Å². The molecule has 34 heavy (non-hydrogen) atoms. The highest BCUT2D eigenvalue weighted by molar-refractivity contribution is 4.77. The van der Waals surface area contributed by atoms with Gasteiger partial charge in [0, 0.05) is 25.2 Å². The Morgan fingerprint density at radius 2 is 0.735 bits per heavy atom. The van der Waals surface area contributed by atoms with E-state index in [4.69, 9.17) is 0 Å². The van der Waals surface area contributed by atoms with Crippen LogP contribution in [0.3, 0.4) is 0 Å². The lowest BCUT2D eigenvalue weighted by Crippen LogP contribution is -2.28. The molecule has 0 aromatic carbocycles. The minimum Gasteiger partial charge on any atom is -0.304 e. The molecule has 0 aromatic rings. The first-order valence-corrected chi connectivity index (χ1v) is 15.4. The van der Waals surface area contributed by atoms with Crippen molar-refractivity contribution in [2.24, 2.45) is 35.5 Å². The van der Waals surface area contributed by atoms with E-state index in [-0.39, 0.29) is 0 Å². The molecule has 0 amide bonds. The second-order valence-electron chi connectivity index (χ2n) is 13.8. The van der Waals surface area contributed by atoms with Crippen LogP contribution in [0.4, 0.5) is 0 Å². The molecule has 0 spiro atoms. The first-order valence-electron chi connectivity index (χ1n) is 15.4. The molecule has 204 valence electrons. The summed E-state index contributed by atoms with van der Waals surface area (Å²) < 4.78 is 0. The van der Waals surface area contributed by atoms with Crippen LogP contribution >= 0.6 is 0 Å². The monoisotopic (exact) mass is 479 g/mol. The van der Waals surface area contributed by atoms with E-state index in [0.717, 1.165) is 47.6 Å². The minimum absolute atomic E-state index is 0.727. The summed E-state index contributed by atoms with van der Waals surface area (Å²) in [5.41, 5.74) is 0. The van der Waals surface area contributed by atoms with Crippen LogP contribution in [0.15, 0.2) is 0 Å². The Morgan fingerprint density at radius 3 is 0.912 bits per heavy atom. The minimum atomic E-state index is 0.727. The van der Waals surface area contributed by atoms with Crippen LogP contribution in [-0.2, 0) is 0 Å². The molecular formula is C32H66N2. The van der Waals surface area contributed by atoms with Gasteiger partial charge in [0.2, 0.25) is 0 Å². The zero-order valence-electron chi connectivity index (χ0n) is 25.4. The van der Waals surface area contributed by atoms with Gasteiger partial charge in [0.05, 0.1) is 0 Å². The Hall–Kier alpha value is -0.0800. The lowest BCUT2D eigenvalue weighted by Gasteiger charge is -2.20. The molecule has 4 fully saturated rings. The predicted molar refractivity (Wildman–Crippen MR) is 155 cm³/mol. The van der Waals surface area contributed by atoms with Gasteiger partial charge in [0.1, 0.15) is 0 Å². The summed E-state index contributed by atoms with van der Waals surface area (Å²) >= 11 is 0. The number of rotatable bonds is 12. The fourth-order valence-electron chi connectivity index (χ4n) is 3.79. The maximum Gasteiger partial charge on any atom is 0.00356 e. The Bertz CT molecular complexity index is 419. The zero-order chi connectivity index (χ0) is 25.7. The van der Waals surface area contributed by atoms with E-state index in [1.54, 1.807) is 0 Å². The Kier molecular flexibility index (Phi) is 16.3. The molecule has 4 aliphatic rings. The van der Waals surface area contributed by atoms with Crippen LogP contribution < -0.4 is 0 Å². The first-order chi connectivity index (χ1) is 16.0. The normalized spacial score (nSPS) is 19.8. The molecule has 0 radical (unpaired) electrons. The summed E-state index contributed by atoms with van der Waals surface area (Å²) in [4.78, 5) is 4.86. The van der Waals surface area contributed by atoms with Gasteiger partial charge in [-0.1, -0.05) is 79.1 Å². The lowest BCUT2D eigenvalue weighted by molar-refractivity contribution is 0.263. The van der Waals surface area contributed by atoms with E-state index >= 15 is 0 Å². The second-order valence-corrected chi connectivity index (χ2v) is 13.8. The number of hydrogen-bond acceptors (Lipinski definition) is 2. The maximum atomic E-state index is 2.43. The molecular weight excluding hydrogens is 412 g/mol. The summed E-state index contributed by atoms with van der Waals surface area (Å²) in [7, 11) is 4.42. The molecule has 4 rings (SSSR count). The average molecular weight is 479 g/mol. The van der Waals surface area contributed by atoms with Crippen LogP contribution in [0.2, 0.25) is 0 Å². The van der Waals surface area contributed by atoms with Crippen molar-refractivity contribution in [2.45, 2.75) is 145 Å². The molecule has 0 aromatic heterocycles. The van der Waals surface area contributed by atoms with Crippen LogP contribution in [0.5, 0.6) is 0 Å². The van der Waals surface area contributed by atoms with E-state index in [1.807, 2.05) is 0 Å². The van der Waals surface area contributed by atoms with Crippen LogP contribution in [-0.4, -0.2) is 49.1 Å².